The lowest BCUT2D eigenvalue weighted by Gasteiger charge is -2.25. The number of hydrogen-bond acceptors (Lipinski definition) is 10. The predicted octanol–water partition coefficient (Wildman–Crippen LogP) is 6.76. The minimum Gasteiger partial charge on any atom is -0.466 e. The Labute approximate surface area is 324 Å². The first-order chi connectivity index (χ1) is 26.4. The second-order valence-electron chi connectivity index (χ2n) is 14.0. The summed E-state index contributed by atoms with van der Waals surface area (Å²) in [5.41, 5.74) is -0.862. The summed E-state index contributed by atoms with van der Waals surface area (Å²) in [5.74, 6) is -16.4. The number of unbranched alkanes of at least 4 members (excludes halogenated alkanes) is 6. The number of rotatable bonds is 26. The number of benzene rings is 1. The van der Waals surface area contributed by atoms with Crippen LogP contribution in [0.4, 0.5) is 26.7 Å². The first-order valence-corrected chi connectivity index (χ1v) is 19.0. The maximum atomic E-state index is 13.7. The lowest BCUT2D eigenvalue weighted by atomic mass is 10.1. The summed E-state index contributed by atoms with van der Waals surface area (Å²) in [7, 11) is 0. The molecule has 0 saturated carbocycles. The Morgan fingerprint density at radius 3 is 1.70 bits per heavy atom. The number of carbonyl (C=O) groups excluding carboxylic acids is 6. The minimum atomic E-state index is -2.37. The van der Waals surface area contributed by atoms with Crippen molar-refractivity contribution in [1.82, 2.24) is 16.0 Å². The number of ether oxygens (including phenoxy) is 4. The number of halogens is 5. The summed E-state index contributed by atoms with van der Waals surface area (Å²) < 4.78 is 87.4. The predicted molar refractivity (Wildman–Crippen MR) is 192 cm³/mol. The molecule has 0 aliphatic carbocycles. The molecule has 56 heavy (non-hydrogen) atoms. The third-order valence-corrected chi connectivity index (χ3v) is 7.89. The zero-order chi connectivity index (χ0) is 42.3. The van der Waals surface area contributed by atoms with Gasteiger partial charge in [0.15, 0.2) is 0 Å². The van der Waals surface area contributed by atoms with Crippen LogP contribution in [0.3, 0.4) is 0 Å². The fraction of sp³-hybridized carbons (Fsp3) is 0.684. The van der Waals surface area contributed by atoms with E-state index in [1.54, 1.807) is 20.8 Å². The van der Waals surface area contributed by atoms with Crippen molar-refractivity contribution in [3.63, 3.8) is 0 Å². The molecule has 2 atom stereocenters. The zero-order valence-electron chi connectivity index (χ0n) is 32.9. The van der Waals surface area contributed by atoms with Crippen molar-refractivity contribution in [2.75, 3.05) is 19.8 Å². The van der Waals surface area contributed by atoms with Crippen LogP contribution in [-0.2, 0) is 38.2 Å². The monoisotopic (exact) mass is 809 g/mol. The van der Waals surface area contributed by atoms with E-state index in [1.165, 1.54) is 0 Å². The average molecular weight is 810 g/mol. The van der Waals surface area contributed by atoms with Gasteiger partial charge in [0, 0.05) is 25.8 Å². The molecule has 13 nitrogen and oxygen atoms in total. The number of carbonyl (C=O) groups is 6. The Bertz CT molecular complexity index is 1430. The van der Waals surface area contributed by atoms with Gasteiger partial charge in [-0.05, 0) is 72.1 Å². The van der Waals surface area contributed by atoms with E-state index in [9.17, 15) is 50.7 Å². The maximum Gasteiger partial charge on any atom is 0.329 e. The van der Waals surface area contributed by atoms with Gasteiger partial charge < -0.3 is 34.9 Å². The van der Waals surface area contributed by atoms with E-state index in [1.807, 2.05) is 13.8 Å². The molecule has 0 fully saturated rings. The van der Waals surface area contributed by atoms with Gasteiger partial charge in [-0.25, -0.2) is 27.6 Å². The quantitative estimate of drug-likeness (QED) is 0.0173. The van der Waals surface area contributed by atoms with Crippen LogP contribution in [-0.4, -0.2) is 73.3 Å². The van der Waals surface area contributed by atoms with Gasteiger partial charge in [-0.15, -0.1) is 0 Å². The molecule has 0 unspecified atom stereocenters. The van der Waals surface area contributed by atoms with Crippen LogP contribution in [0.2, 0.25) is 0 Å². The van der Waals surface area contributed by atoms with Gasteiger partial charge in [-0.2, -0.15) is 8.78 Å². The summed E-state index contributed by atoms with van der Waals surface area (Å²) in [6.45, 7) is 9.51. The highest BCUT2D eigenvalue weighted by Crippen LogP contribution is 2.29. The zero-order valence-corrected chi connectivity index (χ0v) is 32.9. The minimum absolute atomic E-state index is 0.0786. The van der Waals surface area contributed by atoms with E-state index in [0.29, 0.717) is 44.9 Å². The van der Waals surface area contributed by atoms with Gasteiger partial charge in [-0.1, -0.05) is 39.5 Å². The Hall–Kier alpha value is -4.51. The Kier molecular flexibility index (Phi) is 23.3. The van der Waals surface area contributed by atoms with Crippen molar-refractivity contribution in [2.45, 2.75) is 149 Å². The van der Waals surface area contributed by atoms with Crippen LogP contribution in [0.25, 0.3) is 0 Å². The van der Waals surface area contributed by atoms with Gasteiger partial charge in [-0.3, -0.25) is 14.4 Å². The summed E-state index contributed by atoms with van der Waals surface area (Å²) in [4.78, 5) is 75.1. The highest BCUT2D eigenvalue weighted by Gasteiger charge is 2.30. The van der Waals surface area contributed by atoms with Crippen LogP contribution in [0.1, 0.15) is 131 Å². The second kappa shape index (κ2) is 26.4. The molecule has 3 N–H and O–H groups in total. The smallest absolute Gasteiger partial charge is 0.329 e. The van der Waals surface area contributed by atoms with Crippen molar-refractivity contribution in [1.29, 1.82) is 0 Å². The first-order valence-electron chi connectivity index (χ1n) is 19.0. The number of nitrogens with one attached hydrogen (secondary N) is 3. The Morgan fingerprint density at radius 1 is 0.589 bits per heavy atom. The molecule has 0 spiro atoms. The molecule has 0 radical (unpaired) electrons. The van der Waals surface area contributed by atoms with E-state index in [4.69, 9.17) is 14.2 Å². The van der Waals surface area contributed by atoms with Crippen molar-refractivity contribution in [2.24, 2.45) is 0 Å². The Morgan fingerprint density at radius 2 is 1.12 bits per heavy atom. The fourth-order valence-corrected chi connectivity index (χ4v) is 4.85. The topological polar surface area (TPSA) is 175 Å². The van der Waals surface area contributed by atoms with Crippen LogP contribution in [0.5, 0.6) is 5.75 Å². The summed E-state index contributed by atoms with van der Waals surface area (Å²) in [6, 6.07) is -3.13. The van der Waals surface area contributed by atoms with Crippen LogP contribution >= 0.6 is 0 Å². The van der Waals surface area contributed by atoms with Crippen LogP contribution in [0, 0.1) is 29.1 Å². The van der Waals surface area contributed by atoms with Gasteiger partial charge in [0.25, 0.3) is 0 Å². The Balaban J connectivity index is 2.55. The van der Waals surface area contributed by atoms with Crippen molar-refractivity contribution in [3.8, 4) is 5.75 Å². The standard InChI is InChI=1S/C38H56F5N3O10/c1-6-8-22-53-27(48)20-19-25(35(50)54-23-9-7-2)46-37(52)45-24(36(51)56-38(3,4)5)16-14-15-21-44-26(47)17-12-10-11-13-18-28(49)55-34-32(42)30(40)29(39)31(41)33(34)43/h24-25H,6-23H2,1-5H3,(H,44,47)(H2,45,46,52)/t24-,25-/m0/s1. The van der Waals surface area contributed by atoms with E-state index < -0.39 is 82.4 Å². The second-order valence-corrected chi connectivity index (χ2v) is 14.0. The highest BCUT2D eigenvalue weighted by molar-refractivity contribution is 5.87. The lowest BCUT2D eigenvalue weighted by molar-refractivity contribution is -0.157. The van der Waals surface area contributed by atoms with Gasteiger partial charge in [0.1, 0.15) is 17.7 Å². The molecule has 0 bridgehead atoms. The van der Waals surface area contributed by atoms with Crippen LogP contribution in [0.15, 0.2) is 0 Å². The van der Waals surface area contributed by atoms with Crippen molar-refractivity contribution in [3.05, 3.63) is 29.1 Å². The largest absolute Gasteiger partial charge is 0.466 e. The molecule has 0 heterocycles. The third kappa shape index (κ3) is 19.9. The van der Waals surface area contributed by atoms with E-state index >= 15 is 0 Å². The van der Waals surface area contributed by atoms with Crippen LogP contribution < -0.4 is 20.7 Å². The van der Waals surface area contributed by atoms with Gasteiger partial charge in [0.2, 0.25) is 40.7 Å². The number of esters is 4. The molecule has 18 heteroatoms. The molecule has 0 aliphatic rings. The molecule has 1 aromatic rings. The van der Waals surface area contributed by atoms with E-state index in [2.05, 4.69) is 20.7 Å². The van der Waals surface area contributed by atoms with Crippen molar-refractivity contribution >= 4 is 35.8 Å². The maximum absolute atomic E-state index is 13.7. The van der Waals surface area contributed by atoms with Crippen molar-refractivity contribution < 1.29 is 69.7 Å². The molecule has 318 valence electrons. The number of urea groups is 1. The summed E-state index contributed by atoms with van der Waals surface area (Å²) in [5, 5.41) is 7.80. The molecule has 1 rings (SSSR count). The molecular formula is C38H56F5N3O10. The fourth-order valence-electron chi connectivity index (χ4n) is 4.85. The normalized spacial score (nSPS) is 12.2. The van der Waals surface area contributed by atoms with E-state index in [-0.39, 0.29) is 64.2 Å². The molecule has 3 amide bonds. The van der Waals surface area contributed by atoms with E-state index in [0.717, 1.165) is 12.8 Å². The first kappa shape index (κ1) is 49.5. The van der Waals surface area contributed by atoms with Gasteiger partial charge >= 0.3 is 29.9 Å². The van der Waals surface area contributed by atoms with Gasteiger partial charge in [0.05, 0.1) is 13.2 Å². The highest BCUT2D eigenvalue weighted by atomic mass is 19.2. The summed E-state index contributed by atoms with van der Waals surface area (Å²) >= 11 is 0. The summed E-state index contributed by atoms with van der Waals surface area (Å²) in [6.07, 6.45) is 4.97. The molecule has 0 aliphatic heterocycles. The third-order valence-electron chi connectivity index (χ3n) is 7.89. The number of amides is 3. The molecule has 0 saturated heterocycles. The lowest BCUT2D eigenvalue weighted by Crippen LogP contribution is -2.52. The number of hydrogen-bond donors (Lipinski definition) is 3. The SMILES string of the molecule is CCCCOC(=O)CC[C@H](NC(=O)N[C@@H](CCCCNC(=O)CCCCCCC(=O)Oc1c(F)c(F)c(F)c(F)c1F)C(=O)OC(C)(C)C)C(=O)OCCCC. The molecule has 0 aromatic heterocycles. The molecule has 1 aromatic carbocycles. The molecular weight excluding hydrogens is 753 g/mol. The average Bonchev–Trinajstić information content (AvgIpc) is 3.13.